The predicted octanol–water partition coefficient (Wildman–Crippen LogP) is 2.06. The van der Waals surface area contributed by atoms with Gasteiger partial charge >= 0.3 is 0 Å². The normalized spacial score (nSPS) is 18.8. The summed E-state index contributed by atoms with van der Waals surface area (Å²) in [6.45, 7) is 4.10. The lowest BCUT2D eigenvalue weighted by Gasteiger charge is -2.12. The molecule has 6 heteroatoms. The molecular formula is C19H22N4O2. The molecule has 2 heterocycles. The fourth-order valence-corrected chi connectivity index (χ4v) is 2.81. The van der Waals surface area contributed by atoms with Gasteiger partial charge in [-0.1, -0.05) is 26.0 Å². The molecule has 1 aromatic heterocycles. The first-order valence-electron chi connectivity index (χ1n) is 8.37. The molecule has 130 valence electrons. The van der Waals surface area contributed by atoms with E-state index in [1.54, 1.807) is 18.5 Å². The standard InChI is InChI=1S/C19H22N4O2/c1-12(2)7-16(11-24)21-19-22-17(18(25)23-19)9-13-3-4-15-10-20-6-5-14(15)8-13/h3-6,8-10,12,16,24H,7,11H2,1-2H3,(H2,21,22,23,25)/b17-9-/t16-/m1/s1. The van der Waals surface area contributed by atoms with Crippen LogP contribution in [0.5, 0.6) is 0 Å². The number of aliphatic hydroxyl groups excluding tert-OH is 1. The van der Waals surface area contributed by atoms with E-state index in [1.807, 2.05) is 24.3 Å². The second-order valence-electron chi connectivity index (χ2n) is 6.56. The molecule has 0 saturated carbocycles. The van der Waals surface area contributed by atoms with Gasteiger partial charge < -0.3 is 10.4 Å². The molecule has 2 aromatic rings. The Morgan fingerprint density at radius 1 is 1.24 bits per heavy atom. The number of nitrogens with one attached hydrogen (secondary N) is 2. The summed E-state index contributed by atoms with van der Waals surface area (Å²) in [6, 6.07) is 7.63. The highest BCUT2D eigenvalue weighted by Gasteiger charge is 2.23. The molecule has 0 radical (unpaired) electrons. The van der Waals surface area contributed by atoms with Crippen molar-refractivity contribution in [3.8, 4) is 0 Å². The first-order valence-corrected chi connectivity index (χ1v) is 8.37. The Balaban J connectivity index is 1.80. The van der Waals surface area contributed by atoms with Crippen LogP contribution in [-0.4, -0.2) is 34.6 Å². The molecule has 0 spiro atoms. The van der Waals surface area contributed by atoms with E-state index in [9.17, 15) is 9.90 Å². The fraction of sp³-hybridized carbons (Fsp3) is 0.316. The van der Waals surface area contributed by atoms with Crippen molar-refractivity contribution in [1.82, 2.24) is 15.6 Å². The molecule has 1 aliphatic rings. The van der Waals surface area contributed by atoms with Crippen LogP contribution < -0.4 is 10.6 Å². The molecule has 0 unspecified atom stereocenters. The Morgan fingerprint density at radius 3 is 2.84 bits per heavy atom. The number of hydrogen-bond donors (Lipinski definition) is 3. The first kappa shape index (κ1) is 17.1. The number of benzene rings is 1. The lowest BCUT2D eigenvalue weighted by Crippen LogP contribution is -2.28. The highest BCUT2D eigenvalue weighted by molar-refractivity contribution is 6.15. The fourth-order valence-electron chi connectivity index (χ4n) is 2.81. The van der Waals surface area contributed by atoms with Crippen LogP contribution in [0, 0.1) is 5.92 Å². The largest absolute Gasteiger partial charge is 0.394 e. The van der Waals surface area contributed by atoms with Gasteiger partial charge in [-0.15, -0.1) is 0 Å². The van der Waals surface area contributed by atoms with E-state index in [4.69, 9.17) is 0 Å². The van der Waals surface area contributed by atoms with Gasteiger partial charge in [0.25, 0.3) is 5.91 Å². The summed E-state index contributed by atoms with van der Waals surface area (Å²) in [4.78, 5) is 20.6. The average Bonchev–Trinajstić information content (AvgIpc) is 2.93. The Bertz CT molecular complexity index is 842. The maximum atomic E-state index is 12.1. The number of hydrogen-bond acceptors (Lipinski definition) is 4. The first-order chi connectivity index (χ1) is 12.0. The van der Waals surface area contributed by atoms with Crippen LogP contribution in [0.2, 0.25) is 0 Å². The van der Waals surface area contributed by atoms with E-state index in [0.29, 0.717) is 17.6 Å². The van der Waals surface area contributed by atoms with E-state index < -0.39 is 0 Å². The third kappa shape index (κ3) is 4.22. The van der Waals surface area contributed by atoms with Crippen molar-refractivity contribution in [3.05, 3.63) is 47.9 Å². The van der Waals surface area contributed by atoms with Gasteiger partial charge in [-0.05, 0) is 41.5 Å². The third-order valence-electron chi connectivity index (χ3n) is 3.97. The molecule has 1 aliphatic heterocycles. The molecule has 25 heavy (non-hydrogen) atoms. The summed E-state index contributed by atoms with van der Waals surface area (Å²) >= 11 is 0. The van der Waals surface area contributed by atoms with Crippen LogP contribution in [-0.2, 0) is 4.79 Å². The predicted molar refractivity (Wildman–Crippen MR) is 98.8 cm³/mol. The molecule has 3 rings (SSSR count). The number of aliphatic imine (C=N–C) groups is 1. The number of pyridine rings is 1. The summed E-state index contributed by atoms with van der Waals surface area (Å²) in [5.41, 5.74) is 1.35. The molecule has 3 N–H and O–H groups in total. The second kappa shape index (κ2) is 7.44. The number of nitrogens with zero attached hydrogens (tertiary/aromatic N) is 2. The maximum Gasteiger partial charge on any atom is 0.274 e. The number of carbonyl (C=O) groups is 1. The minimum Gasteiger partial charge on any atom is -0.394 e. The third-order valence-corrected chi connectivity index (χ3v) is 3.97. The van der Waals surface area contributed by atoms with Crippen LogP contribution in [0.4, 0.5) is 0 Å². The van der Waals surface area contributed by atoms with Crippen LogP contribution in [0.15, 0.2) is 47.3 Å². The minimum absolute atomic E-state index is 0.0447. The monoisotopic (exact) mass is 338 g/mol. The second-order valence-corrected chi connectivity index (χ2v) is 6.56. The summed E-state index contributed by atoms with van der Waals surface area (Å²) in [5.74, 6) is 0.580. The van der Waals surface area contributed by atoms with Gasteiger partial charge in [0.2, 0.25) is 5.96 Å². The number of guanidine groups is 1. The Kier molecular flexibility index (Phi) is 5.09. The van der Waals surface area contributed by atoms with Gasteiger partial charge in [0.05, 0.1) is 12.6 Å². The van der Waals surface area contributed by atoms with E-state index >= 15 is 0 Å². The highest BCUT2D eigenvalue weighted by Crippen LogP contribution is 2.17. The van der Waals surface area contributed by atoms with Gasteiger partial charge in [0.1, 0.15) is 5.70 Å². The van der Waals surface area contributed by atoms with E-state index in [-0.39, 0.29) is 18.6 Å². The number of amides is 1. The molecule has 1 aromatic carbocycles. The van der Waals surface area contributed by atoms with Gasteiger partial charge in [0.15, 0.2) is 0 Å². The van der Waals surface area contributed by atoms with Crippen LogP contribution in [0.25, 0.3) is 16.8 Å². The van der Waals surface area contributed by atoms with Crippen molar-refractivity contribution >= 4 is 28.7 Å². The zero-order valence-corrected chi connectivity index (χ0v) is 14.4. The molecule has 1 atom stereocenters. The summed E-state index contributed by atoms with van der Waals surface area (Å²) < 4.78 is 0. The molecule has 0 aliphatic carbocycles. The van der Waals surface area contributed by atoms with Crippen molar-refractivity contribution in [2.75, 3.05) is 6.61 Å². The van der Waals surface area contributed by atoms with Crippen molar-refractivity contribution in [1.29, 1.82) is 0 Å². The van der Waals surface area contributed by atoms with Gasteiger partial charge in [0, 0.05) is 17.8 Å². The number of carbonyl (C=O) groups excluding carboxylic acids is 1. The summed E-state index contributed by atoms with van der Waals surface area (Å²) in [7, 11) is 0. The average molecular weight is 338 g/mol. The zero-order chi connectivity index (χ0) is 17.8. The maximum absolute atomic E-state index is 12.1. The molecule has 6 nitrogen and oxygen atoms in total. The lowest BCUT2D eigenvalue weighted by atomic mass is 10.1. The Morgan fingerprint density at radius 2 is 2.08 bits per heavy atom. The molecule has 1 amide bonds. The van der Waals surface area contributed by atoms with Crippen molar-refractivity contribution < 1.29 is 9.90 Å². The van der Waals surface area contributed by atoms with E-state index in [2.05, 4.69) is 34.5 Å². The highest BCUT2D eigenvalue weighted by atomic mass is 16.3. The quantitative estimate of drug-likeness (QED) is 0.728. The number of fused-ring (bicyclic) bond motifs is 1. The number of aromatic nitrogens is 1. The number of rotatable bonds is 5. The molecular weight excluding hydrogens is 316 g/mol. The smallest absolute Gasteiger partial charge is 0.274 e. The molecule has 1 fully saturated rings. The van der Waals surface area contributed by atoms with Crippen molar-refractivity contribution in [2.24, 2.45) is 10.9 Å². The van der Waals surface area contributed by atoms with Crippen molar-refractivity contribution in [3.63, 3.8) is 0 Å². The van der Waals surface area contributed by atoms with Crippen LogP contribution >= 0.6 is 0 Å². The minimum atomic E-state index is -0.227. The van der Waals surface area contributed by atoms with E-state index in [0.717, 1.165) is 22.8 Å². The zero-order valence-electron chi connectivity index (χ0n) is 14.4. The van der Waals surface area contributed by atoms with Gasteiger partial charge in [-0.3, -0.25) is 15.1 Å². The lowest BCUT2D eigenvalue weighted by molar-refractivity contribution is -0.115. The molecule has 1 saturated heterocycles. The Hall–Kier alpha value is -2.73. The molecule has 0 bridgehead atoms. The van der Waals surface area contributed by atoms with E-state index in [1.165, 1.54) is 0 Å². The SMILES string of the molecule is CC(C)C[C@H](CO)N=C1NC(=O)/C(=C/c2ccc3cnccc3c2)N1. The van der Waals surface area contributed by atoms with Crippen molar-refractivity contribution in [2.45, 2.75) is 26.3 Å². The van der Waals surface area contributed by atoms with Crippen LogP contribution in [0.3, 0.4) is 0 Å². The number of aliphatic hydroxyl groups is 1. The Labute approximate surface area is 146 Å². The van der Waals surface area contributed by atoms with Crippen LogP contribution in [0.1, 0.15) is 25.8 Å². The van der Waals surface area contributed by atoms with Gasteiger partial charge in [-0.25, -0.2) is 4.99 Å². The summed E-state index contributed by atoms with van der Waals surface area (Å²) in [5, 5.41) is 17.3. The summed E-state index contributed by atoms with van der Waals surface area (Å²) in [6.07, 6.45) is 6.10. The topological polar surface area (TPSA) is 86.6 Å². The van der Waals surface area contributed by atoms with Gasteiger partial charge in [-0.2, -0.15) is 0 Å².